The topological polar surface area (TPSA) is 94.2 Å². The molecule has 34 heavy (non-hydrogen) atoms. The Kier molecular flexibility index (Phi) is 9.31. The van der Waals surface area contributed by atoms with Gasteiger partial charge in [-0.05, 0) is 74.1 Å². The number of nitrogens with one attached hydrogen (secondary N) is 1. The monoisotopic (exact) mass is 468 g/mol. The zero-order valence-electron chi connectivity index (χ0n) is 19.7. The lowest BCUT2D eigenvalue weighted by atomic mass is 9.96. The van der Waals surface area contributed by atoms with Crippen LogP contribution in [-0.2, 0) is 16.0 Å². The summed E-state index contributed by atoms with van der Waals surface area (Å²) in [5, 5.41) is 3.03. The lowest BCUT2D eigenvalue weighted by Gasteiger charge is -2.32. The lowest BCUT2D eigenvalue weighted by Crippen LogP contribution is -2.41. The summed E-state index contributed by atoms with van der Waals surface area (Å²) < 4.78 is 15.0. The summed E-state index contributed by atoms with van der Waals surface area (Å²) in [6, 6.07) is 14.2. The molecular weight excluding hydrogens is 436 g/mol. The average molecular weight is 469 g/mol. The standard InChI is InChI=1S/C26H32N2O6/c1-3-33-26(31)34-22-10-8-21(9-11-22)25(30)28-15-13-20(14-16-28)18-27-24(29)12-7-19-5-4-6-23(17-19)32-2/h4-6,8-11,17,20H,3,7,12-16,18H2,1-2H3,(H,27,29). The first-order valence-corrected chi connectivity index (χ1v) is 11.6. The SMILES string of the molecule is CCOC(=O)Oc1ccc(C(=O)N2CCC(CNC(=O)CCc3cccc(OC)c3)CC2)cc1. The van der Waals surface area contributed by atoms with Gasteiger partial charge in [0.15, 0.2) is 0 Å². The second kappa shape index (κ2) is 12.6. The van der Waals surface area contributed by atoms with Crippen molar-refractivity contribution in [1.82, 2.24) is 10.2 Å². The Hall–Kier alpha value is -3.55. The molecule has 0 bridgehead atoms. The van der Waals surface area contributed by atoms with Gasteiger partial charge in [0.05, 0.1) is 13.7 Å². The van der Waals surface area contributed by atoms with Gasteiger partial charge >= 0.3 is 6.16 Å². The molecule has 8 nitrogen and oxygen atoms in total. The smallest absolute Gasteiger partial charge is 0.497 e. The molecule has 0 saturated carbocycles. The molecule has 1 aliphatic heterocycles. The fraction of sp³-hybridized carbons (Fsp3) is 0.423. The maximum atomic E-state index is 12.8. The molecule has 182 valence electrons. The predicted octanol–water partition coefficient (Wildman–Crippen LogP) is 3.83. The van der Waals surface area contributed by atoms with Gasteiger partial charge in [0.25, 0.3) is 5.91 Å². The van der Waals surface area contributed by atoms with E-state index in [9.17, 15) is 14.4 Å². The molecule has 0 unspecified atom stereocenters. The summed E-state index contributed by atoms with van der Waals surface area (Å²) in [7, 11) is 1.63. The number of carbonyl (C=O) groups excluding carboxylic acids is 3. The molecule has 2 aromatic rings. The molecule has 0 atom stereocenters. The van der Waals surface area contributed by atoms with Gasteiger partial charge in [0.2, 0.25) is 5.91 Å². The normalized spacial score (nSPS) is 13.8. The fourth-order valence-electron chi connectivity index (χ4n) is 3.86. The average Bonchev–Trinajstić information content (AvgIpc) is 2.87. The highest BCUT2D eigenvalue weighted by Gasteiger charge is 2.24. The van der Waals surface area contributed by atoms with Crippen molar-refractivity contribution in [2.24, 2.45) is 5.92 Å². The molecular formula is C26H32N2O6. The van der Waals surface area contributed by atoms with E-state index in [4.69, 9.17) is 14.2 Å². The first-order chi connectivity index (χ1) is 16.5. The molecule has 0 radical (unpaired) electrons. The van der Waals surface area contributed by atoms with E-state index in [-0.39, 0.29) is 18.4 Å². The summed E-state index contributed by atoms with van der Waals surface area (Å²) in [4.78, 5) is 38.2. The second-order valence-electron chi connectivity index (χ2n) is 8.20. The van der Waals surface area contributed by atoms with Crippen LogP contribution >= 0.6 is 0 Å². The number of nitrogens with zero attached hydrogens (tertiary/aromatic N) is 1. The number of hydrogen-bond donors (Lipinski definition) is 1. The molecule has 3 rings (SSSR count). The number of amides is 2. The van der Waals surface area contributed by atoms with E-state index in [1.807, 2.05) is 29.2 Å². The number of piperidine rings is 1. The summed E-state index contributed by atoms with van der Waals surface area (Å²) >= 11 is 0. The van der Waals surface area contributed by atoms with Gasteiger partial charge in [-0.25, -0.2) is 4.79 Å². The Balaban J connectivity index is 1.37. The van der Waals surface area contributed by atoms with Crippen molar-refractivity contribution >= 4 is 18.0 Å². The molecule has 8 heteroatoms. The quantitative estimate of drug-likeness (QED) is 0.444. The first kappa shape index (κ1) is 25.1. The van der Waals surface area contributed by atoms with E-state index in [2.05, 4.69) is 5.32 Å². The number of methoxy groups -OCH3 is 1. The number of ether oxygens (including phenoxy) is 3. The van der Waals surface area contributed by atoms with Crippen molar-refractivity contribution < 1.29 is 28.6 Å². The number of aryl methyl sites for hydroxylation is 1. The highest BCUT2D eigenvalue weighted by atomic mass is 16.7. The number of likely N-dealkylation sites (tertiary alicyclic amines) is 1. The molecule has 2 amide bonds. The first-order valence-electron chi connectivity index (χ1n) is 11.6. The van der Waals surface area contributed by atoms with Gasteiger partial charge in [-0.3, -0.25) is 9.59 Å². The highest BCUT2D eigenvalue weighted by Crippen LogP contribution is 2.20. The van der Waals surface area contributed by atoms with Crippen molar-refractivity contribution in [2.75, 3.05) is 33.4 Å². The van der Waals surface area contributed by atoms with E-state index in [1.54, 1.807) is 38.3 Å². The molecule has 0 spiro atoms. The van der Waals surface area contributed by atoms with Gasteiger partial charge in [-0.1, -0.05) is 12.1 Å². The number of rotatable bonds is 9. The van der Waals surface area contributed by atoms with Crippen LogP contribution in [0, 0.1) is 5.92 Å². The number of benzene rings is 2. The van der Waals surface area contributed by atoms with Crippen molar-refractivity contribution in [1.29, 1.82) is 0 Å². The molecule has 0 aliphatic carbocycles. The van der Waals surface area contributed by atoms with E-state index in [0.717, 1.165) is 24.2 Å². The van der Waals surface area contributed by atoms with Crippen LogP contribution in [0.4, 0.5) is 4.79 Å². The van der Waals surface area contributed by atoms with Gasteiger partial charge in [-0.15, -0.1) is 0 Å². The largest absolute Gasteiger partial charge is 0.513 e. The van der Waals surface area contributed by atoms with Crippen LogP contribution in [0.25, 0.3) is 0 Å². The van der Waals surface area contributed by atoms with E-state index in [1.165, 1.54) is 0 Å². The zero-order valence-corrected chi connectivity index (χ0v) is 19.7. The third-order valence-corrected chi connectivity index (χ3v) is 5.83. The Labute approximate surface area is 200 Å². The number of hydrogen-bond acceptors (Lipinski definition) is 6. The van der Waals surface area contributed by atoms with Crippen LogP contribution in [0.1, 0.15) is 42.1 Å². The molecule has 0 aromatic heterocycles. The Morgan fingerprint density at radius 1 is 1.03 bits per heavy atom. The number of carbonyl (C=O) groups is 3. The molecule has 1 heterocycles. The van der Waals surface area contributed by atoms with E-state index < -0.39 is 6.16 Å². The highest BCUT2D eigenvalue weighted by molar-refractivity contribution is 5.94. The van der Waals surface area contributed by atoms with Gasteiger partial charge in [0, 0.05) is 31.6 Å². The van der Waals surface area contributed by atoms with Gasteiger partial charge in [0.1, 0.15) is 11.5 Å². The van der Waals surface area contributed by atoms with Crippen LogP contribution in [0.15, 0.2) is 48.5 Å². The van der Waals surface area contributed by atoms with Crippen LogP contribution in [-0.4, -0.2) is 56.2 Å². The Morgan fingerprint density at radius 2 is 1.76 bits per heavy atom. The minimum absolute atomic E-state index is 0.0338. The maximum absolute atomic E-state index is 12.8. The Bertz CT molecular complexity index is 968. The minimum Gasteiger partial charge on any atom is -0.497 e. The maximum Gasteiger partial charge on any atom is 0.513 e. The van der Waals surface area contributed by atoms with E-state index in [0.29, 0.717) is 49.7 Å². The molecule has 1 fully saturated rings. The summed E-state index contributed by atoms with van der Waals surface area (Å²) in [6.45, 7) is 3.84. The van der Waals surface area contributed by atoms with Crippen LogP contribution < -0.4 is 14.8 Å². The molecule has 2 aromatic carbocycles. The third kappa shape index (κ3) is 7.50. The molecule has 1 saturated heterocycles. The second-order valence-corrected chi connectivity index (χ2v) is 8.20. The lowest BCUT2D eigenvalue weighted by molar-refractivity contribution is -0.121. The third-order valence-electron chi connectivity index (χ3n) is 5.83. The summed E-state index contributed by atoms with van der Waals surface area (Å²) in [6.07, 6.45) is 2.01. The summed E-state index contributed by atoms with van der Waals surface area (Å²) in [5.41, 5.74) is 1.61. The molecule has 1 aliphatic rings. The zero-order chi connectivity index (χ0) is 24.3. The van der Waals surface area contributed by atoms with Gasteiger partial charge < -0.3 is 24.4 Å². The summed E-state index contributed by atoms with van der Waals surface area (Å²) in [5.74, 6) is 1.45. The van der Waals surface area contributed by atoms with Crippen molar-refractivity contribution in [3.8, 4) is 11.5 Å². The van der Waals surface area contributed by atoms with Crippen molar-refractivity contribution in [3.63, 3.8) is 0 Å². The predicted molar refractivity (Wildman–Crippen MR) is 127 cm³/mol. The fourth-order valence-corrected chi connectivity index (χ4v) is 3.86. The molecule has 1 N–H and O–H groups in total. The van der Waals surface area contributed by atoms with Crippen LogP contribution in [0.2, 0.25) is 0 Å². The van der Waals surface area contributed by atoms with Gasteiger partial charge in [-0.2, -0.15) is 0 Å². The van der Waals surface area contributed by atoms with E-state index >= 15 is 0 Å². The van der Waals surface area contributed by atoms with Crippen LogP contribution in [0.5, 0.6) is 11.5 Å². The van der Waals surface area contributed by atoms with Crippen molar-refractivity contribution in [3.05, 3.63) is 59.7 Å². The van der Waals surface area contributed by atoms with Crippen LogP contribution in [0.3, 0.4) is 0 Å². The Morgan fingerprint density at radius 3 is 2.44 bits per heavy atom. The minimum atomic E-state index is -0.768. The van der Waals surface area contributed by atoms with Crippen molar-refractivity contribution in [2.45, 2.75) is 32.6 Å².